The molecule has 1 aromatic rings. The Morgan fingerprint density at radius 3 is 2.45 bits per heavy atom. The number of amides is 1. The van der Waals surface area contributed by atoms with Crippen LogP contribution in [0, 0.1) is 0 Å². The molecule has 0 aliphatic heterocycles. The fraction of sp³-hybridized carbons (Fsp3) is 0.500. The molecule has 1 aromatic carbocycles. The molecule has 0 aromatic heterocycles. The van der Waals surface area contributed by atoms with E-state index in [2.05, 4.69) is 0 Å². The number of aliphatic hydroxyl groups is 1. The molecule has 0 spiro atoms. The van der Waals surface area contributed by atoms with E-state index in [1.807, 2.05) is 43.3 Å². The van der Waals surface area contributed by atoms with E-state index >= 15 is 0 Å². The number of hydrogen-bond acceptors (Lipinski definition) is 4. The Labute approximate surface area is 129 Å². The van der Waals surface area contributed by atoms with Gasteiger partial charge in [0.1, 0.15) is 0 Å². The molecule has 112 valence electrons. The van der Waals surface area contributed by atoms with Gasteiger partial charge in [0.2, 0.25) is 5.91 Å². The quantitative estimate of drug-likeness (QED) is 0.743. The lowest BCUT2D eigenvalue weighted by atomic mass is 10.4. The van der Waals surface area contributed by atoms with E-state index in [1.54, 1.807) is 16.7 Å². The molecular weight excluding hydrogens is 296 g/mol. The summed E-state index contributed by atoms with van der Waals surface area (Å²) < 4.78 is 0. The number of aliphatic hydroxyl groups excluding tert-OH is 1. The second-order valence-corrected chi connectivity index (χ2v) is 6.25. The van der Waals surface area contributed by atoms with Gasteiger partial charge < -0.3 is 14.9 Å². The molecule has 0 fully saturated rings. The van der Waals surface area contributed by atoms with Crippen LogP contribution in [0.1, 0.15) is 0 Å². The Morgan fingerprint density at radius 1 is 1.25 bits per heavy atom. The number of carbonyl (C=O) groups is 1. The number of benzene rings is 1. The molecule has 0 saturated carbocycles. The minimum Gasteiger partial charge on any atom is -0.395 e. The zero-order valence-corrected chi connectivity index (χ0v) is 13.5. The number of halogens is 1. The van der Waals surface area contributed by atoms with Gasteiger partial charge in [0.05, 0.1) is 13.2 Å². The second kappa shape index (κ2) is 9.23. The minimum atomic E-state index is -0.00915. The molecule has 1 amide bonds. The van der Waals surface area contributed by atoms with E-state index in [0.29, 0.717) is 19.6 Å². The monoisotopic (exact) mass is 316 g/mol. The number of rotatable bonds is 8. The van der Waals surface area contributed by atoms with Crippen LogP contribution >= 0.6 is 23.4 Å². The van der Waals surface area contributed by atoms with Crippen molar-refractivity contribution in [2.45, 2.75) is 4.90 Å². The van der Waals surface area contributed by atoms with Gasteiger partial charge in [-0.25, -0.2) is 0 Å². The summed E-state index contributed by atoms with van der Waals surface area (Å²) in [5, 5.41) is 9.76. The van der Waals surface area contributed by atoms with Crippen LogP contribution in [0.5, 0.6) is 0 Å². The first-order chi connectivity index (χ1) is 9.52. The summed E-state index contributed by atoms with van der Waals surface area (Å²) in [5.74, 6) is 0.835. The van der Waals surface area contributed by atoms with E-state index in [1.165, 1.54) is 0 Å². The van der Waals surface area contributed by atoms with Crippen molar-refractivity contribution in [2.75, 3.05) is 46.1 Å². The van der Waals surface area contributed by atoms with Crippen molar-refractivity contribution < 1.29 is 9.90 Å². The fourth-order valence-electron chi connectivity index (χ4n) is 1.66. The van der Waals surface area contributed by atoms with Crippen molar-refractivity contribution >= 4 is 29.3 Å². The SMILES string of the molecule is CN(C)CC(=O)N(CCO)CCSc1ccc(Cl)cc1. The Morgan fingerprint density at radius 2 is 1.90 bits per heavy atom. The average molecular weight is 317 g/mol. The number of nitrogens with zero attached hydrogens (tertiary/aromatic N) is 2. The molecule has 0 unspecified atom stereocenters. The minimum absolute atomic E-state index is 0.00915. The first kappa shape index (κ1) is 17.3. The Balaban J connectivity index is 2.42. The predicted octanol–water partition coefficient (Wildman–Crippen LogP) is 1.81. The standard InChI is InChI=1S/C14H21ClN2O2S/c1-16(2)11-14(19)17(7-9-18)8-10-20-13-5-3-12(15)4-6-13/h3-6,18H,7-11H2,1-2H3. The summed E-state index contributed by atoms with van der Waals surface area (Å²) in [6.45, 7) is 1.37. The number of thioether (sulfide) groups is 1. The zero-order chi connectivity index (χ0) is 15.0. The first-order valence-electron chi connectivity index (χ1n) is 6.44. The van der Waals surface area contributed by atoms with E-state index in [0.717, 1.165) is 15.7 Å². The lowest BCUT2D eigenvalue weighted by Gasteiger charge is -2.23. The molecule has 0 bridgehead atoms. The Bertz CT molecular complexity index is 412. The van der Waals surface area contributed by atoms with Crippen LogP contribution in [0.15, 0.2) is 29.2 Å². The van der Waals surface area contributed by atoms with Crippen LogP contribution in [0.25, 0.3) is 0 Å². The summed E-state index contributed by atoms with van der Waals surface area (Å²) in [6.07, 6.45) is 0. The third-order valence-corrected chi connectivity index (χ3v) is 3.86. The van der Waals surface area contributed by atoms with Crippen LogP contribution in [0.3, 0.4) is 0 Å². The summed E-state index contributed by atoms with van der Waals surface area (Å²) in [6, 6.07) is 7.63. The molecule has 4 nitrogen and oxygen atoms in total. The van der Waals surface area contributed by atoms with Crippen molar-refractivity contribution in [3.8, 4) is 0 Å². The number of likely N-dealkylation sites (N-methyl/N-ethyl adjacent to an activating group) is 1. The van der Waals surface area contributed by atoms with Crippen LogP contribution < -0.4 is 0 Å². The van der Waals surface area contributed by atoms with E-state index in [9.17, 15) is 4.79 Å². The molecule has 0 aliphatic carbocycles. The Hall–Kier alpha value is -0.750. The topological polar surface area (TPSA) is 43.8 Å². The van der Waals surface area contributed by atoms with Gasteiger partial charge in [0, 0.05) is 28.8 Å². The molecule has 6 heteroatoms. The zero-order valence-electron chi connectivity index (χ0n) is 11.9. The average Bonchev–Trinajstić information content (AvgIpc) is 2.39. The van der Waals surface area contributed by atoms with Crippen LogP contribution in [0.4, 0.5) is 0 Å². The van der Waals surface area contributed by atoms with Gasteiger partial charge in [-0.15, -0.1) is 11.8 Å². The van der Waals surface area contributed by atoms with E-state index in [4.69, 9.17) is 16.7 Å². The van der Waals surface area contributed by atoms with Crippen molar-refractivity contribution in [3.63, 3.8) is 0 Å². The molecular formula is C14H21ClN2O2S. The maximum Gasteiger partial charge on any atom is 0.236 e. The lowest BCUT2D eigenvalue weighted by Crippen LogP contribution is -2.40. The molecule has 0 radical (unpaired) electrons. The van der Waals surface area contributed by atoms with Crippen molar-refractivity contribution in [3.05, 3.63) is 29.3 Å². The van der Waals surface area contributed by atoms with Crippen LogP contribution in [-0.2, 0) is 4.79 Å². The summed E-state index contributed by atoms with van der Waals surface area (Å²) in [5.41, 5.74) is 0. The third-order valence-electron chi connectivity index (χ3n) is 2.62. The molecule has 0 saturated heterocycles. The van der Waals surface area contributed by atoms with Gasteiger partial charge >= 0.3 is 0 Å². The number of hydrogen-bond donors (Lipinski definition) is 1. The third kappa shape index (κ3) is 6.61. The van der Waals surface area contributed by atoms with E-state index < -0.39 is 0 Å². The Kier molecular flexibility index (Phi) is 7.99. The summed E-state index contributed by atoms with van der Waals surface area (Å²) in [4.78, 5) is 16.6. The highest BCUT2D eigenvalue weighted by atomic mass is 35.5. The van der Waals surface area contributed by atoms with Crippen LogP contribution in [-0.4, -0.2) is 66.9 Å². The second-order valence-electron chi connectivity index (χ2n) is 4.64. The summed E-state index contributed by atoms with van der Waals surface area (Å²) >= 11 is 7.50. The molecule has 0 heterocycles. The normalized spacial score (nSPS) is 10.8. The van der Waals surface area contributed by atoms with Gasteiger partial charge in [0.25, 0.3) is 0 Å². The van der Waals surface area contributed by atoms with Crippen molar-refractivity contribution in [1.29, 1.82) is 0 Å². The highest BCUT2D eigenvalue weighted by Crippen LogP contribution is 2.20. The van der Waals surface area contributed by atoms with Crippen molar-refractivity contribution in [2.24, 2.45) is 0 Å². The molecule has 0 aliphatic rings. The van der Waals surface area contributed by atoms with Gasteiger partial charge in [-0.05, 0) is 38.4 Å². The van der Waals surface area contributed by atoms with Gasteiger partial charge in [-0.2, -0.15) is 0 Å². The molecule has 1 N–H and O–H groups in total. The predicted molar refractivity (Wildman–Crippen MR) is 84.4 cm³/mol. The van der Waals surface area contributed by atoms with Gasteiger partial charge in [0.15, 0.2) is 0 Å². The van der Waals surface area contributed by atoms with Gasteiger partial charge in [-0.3, -0.25) is 4.79 Å². The van der Waals surface area contributed by atoms with Gasteiger partial charge in [-0.1, -0.05) is 11.6 Å². The highest BCUT2D eigenvalue weighted by Gasteiger charge is 2.13. The fourth-order valence-corrected chi connectivity index (χ4v) is 2.66. The maximum absolute atomic E-state index is 12.0. The van der Waals surface area contributed by atoms with Crippen molar-refractivity contribution in [1.82, 2.24) is 9.80 Å². The largest absolute Gasteiger partial charge is 0.395 e. The van der Waals surface area contributed by atoms with Crippen LogP contribution in [0.2, 0.25) is 5.02 Å². The lowest BCUT2D eigenvalue weighted by molar-refractivity contribution is -0.132. The maximum atomic E-state index is 12.0. The molecule has 1 rings (SSSR count). The van der Waals surface area contributed by atoms with E-state index in [-0.39, 0.29) is 12.5 Å². The highest BCUT2D eigenvalue weighted by molar-refractivity contribution is 7.99. The smallest absolute Gasteiger partial charge is 0.236 e. The summed E-state index contributed by atoms with van der Waals surface area (Å²) in [7, 11) is 3.72. The molecule has 20 heavy (non-hydrogen) atoms. The number of carbonyl (C=O) groups excluding carboxylic acids is 1. The molecule has 0 atom stereocenters. The first-order valence-corrected chi connectivity index (χ1v) is 7.81.